The van der Waals surface area contributed by atoms with Gasteiger partial charge in [-0.2, -0.15) is 0 Å². The molecule has 0 fully saturated rings. The molecule has 92 valence electrons. The van der Waals surface area contributed by atoms with E-state index in [9.17, 15) is 5.11 Å². The summed E-state index contributed by atoms with van der Waals surface area (Å²) in [4.78, 5) is 7.86. The van der Waals surface area contributed by atoms with Crippen molar-refractivity contribution < 1.29 is 9.84 Å². The van der Waals surface area contributed by atoms with Crippen molar-refractivity contribution >= 4 is 0 Å². The first-order valence-corrected chi connectivity index (χ1v) is 5.98. The van der Waals surface area contributed by atoms with Gasteiger partial charge in [-0.1, -0.05) is 24.3 Å². The van der Waals surface area contributed by atoms with Crippen molar-refractivity contribution in [1.82, 2.24) is 9.97 Å². The Kier molecular flexibility index (Phi) is 3.04. The van der Waals surface area contributed by atoms with Crippen LogP contribution in [0.1, 0.15) is 28.9 Å². The molecule has 2 atom stereocenters. The number of ether oxygens (including phenoxy) is 1. The standard InChI is InChI=1S/C14H14N2O2/c17-13(11-7-15-9-16-8-11)14-12-4-2-1-3-10(12)5-6-18-14/h1-4,7-9,13-14,17H,5-6H2. The molecule has 1 aromatic heterocycles. The fraction of sp³-hybridized carbons (Fsp3) is 0.286. The van der Waals surface area contributed by atoms with Gasteiger partial charge in [0.15, 0.2) is 0 Å². The van der Waals surface area contributed by atoms with Crippen LogP contribution in [0.4, 0.5) is 0 Å². The molecular weight excluding hydrogens is 228 g/mol. The summed E-state index contributed by atoms with van der Waals surface area (Å²) in [6, 6.07) is 8.07. The number of aliphatic hydroxyl groups is 1. The number of hydrogen-bond donors (Lipinski definition) is 1. The van der Waals surface area contributed by atoms with Crippen molar-refractivity contribution in [1.29, 1.82) is 0 Å². The highest BCUT2D eigenvalue weighted by Gasteiger charge is 2.28. The van der Waals surface area contributed by atoms with Crippen LogP contribution in [0.25, 0.3) is 0 Å². The van der Waals surface area contributed by atoms with E-state index < -0.39 is 6.10 Å². The van der Waals surface area contributed by atoms with Gasteiger partial charge in [-0.15, -0.1) is 0 Å². The van der Waals surface area contributed by atoms with E-state index in [4.69, 9.17) is 4.74 Å². The summed E-state index contributed by atoms with van der Waals surface area (Å²) in [6.07, 6.45) is 4.53. The molecule has 0 radical (unpaired) electrons. The van der Waals surface area contributed by atoms with Crippen molar-refractivity contribution in [2.45, 2.75) is 18.6 Å². The van der Waals surface area contributed by atoms with E-state index in [2.05, 4.69) is 16.0 Å². The van der Waals surface area contributed by atoms with Crippen molar-refractivity contribution in [3.05, 3.63) is 59.7 Å². The minimum absolute atomic E-state index is 0.332. The largest absolute Gasteiger partial charge is 0.385 e. The molecule has 2 aromatic rings. The Hall–Kier alpha value is -1.78. The van der Waals surface area contributed by atoms with E-state index in [1.54, 1.807) is 12.4 Å². The summed E-state index contributed by atoms with van der Waals surface area (Å²) >= 11 is 0. The van der Waals surface area contributed by atoms with E-state index in [0.29, 0.717) is 12.2 Å². The second-order valence-corrected chi connectivity index (χ2v) is 4.36. The number of aliphatic hydroxyl groups excluding tert-OH is 1. The molecule has 2 unspecified atom stereocenters. The molecule has 2 heterocycles. The molecule has 0 spiro atoms. The SMILES string of the molecule is OC(c1cncnc1)C1OCCc2ccccc21. The van der Waals surface area contributed by atoms with Gasteiger partial charge in [0.2, 0.25) is 0 Å². The number of nitrogens with zero attached hydrogens (tertiary/aromatic N) is 2. The molecule has 0 bridgehead atoms. The van der Waals surface area contributed by atoms with Crippen molar-refractivity contribution in [2.24, 2.45) is 0 Å². The van der Waals surface area contributed by atoms with Crippen LogP contribution in [0.15, 0.2) is 43.0 Å². The maximum Gasteiger partial charge on any atom is 0.115 e. The van der Waals surface area contributed by atoms with Crippen molar-refractivity contribution in [3.8, 4) is 0 Å². The highest BCUT2D eigenvalue weighted by Crippen LogP contribution is 2.36. The molecule has 1 aliphatic rings. The summed E-state index contributed by atoms with van der Waals surface area (Å²) in [5, 5.41) is 10.4. The lowest BCUT2D eigenvalue weighted by molar-refractivity contribution is -0.0485. The second kappa shape index (κ2) is 4.84. The van der Waals surface area contributed by atoms with Crippen LogP contribution in [0.3, 0.4) is 0 Å². The van der Waals surface area contributed by atoms with Gasteiger partial charge in [0.1, 0.15) is 18.5 Å². The molecule has 0 aliphatic carbocycles. The lowest BCUT2D eigenvalue weighted by Crippen LogP contribution is -2.22. The number of aromatic nitrogens is 2. The molecule has 4 heteroatoms. The average molecular weight is 242 g/mol. The Morgan fingerprint density at radius 1 is 1.22 bits per heavy atom. The summed E-state index contributed by atoms with van der Waals surface area (Å²) in [6.45, 7) is 0.631. The normalized spacial score (nSPS) is 20.2. The van der Waals surface area contributed by atoms with Gasteiger partial charge in [-0.3, -0.25) is 0 Å². The maximum absolute atomic E-state index is 10.4. The zero-order chi connectivity index (χ0) is 12.4. The Balaban J connectivity index is 1.94. The predicted octanol–water partition coefficient (Wildman–Crippen LogP) is 1.82. The van der Waals surface area contributed by atoms with Gasteiger partial charge in [-0.25, -0.2) is 9.97 Å². The molecule has 3 rings (SSSR count). The van der Waals surface area contributed by atoms with Crippen molar-refractivity contribution in [3.63, 3.8) is 0 Å². The quantitative estimate of drug-likeness (QED) is 0.872. The van der Waals surface area contributed by atoms with E-state index in [1.165, 1.54) is 11.9 Å². The highest BCUT2D eigenvalue weighted by molar-refractivity contribution is 5.32. The van der Waals surface area contributed by atoms with Gasteiger partial charge in [0.05, 0.1) is 6.61 Å². The van der Waals surface area contributed by atoms with Crippen LogP contribution < -0.4 is 0 Å². The van der Waals surface area contributed by atoms with Crippen LogP contribution in [0.5, 0.6) is 0 Å². The van der Waals surface area contributed by atoms with Crippen LogP contribution in [-0.2, 0) is 11.2 Å². The monoisotopic (exact) mass is 242 g/mol. The lowest BCUT2D eigenvalue weighted by atomic mass is 9.92. The number of fused-ring (bicyclic) bond motifs is 1. The minimum atomic E-state index is -0.729. The van der Waals surface area contributed by atoms with Crippen LogP contribution >= 0.6 is 0 Å². The summed E-state index contributed by atoms with van der Waals surface area (Å²) in [7, 11) is 0. The molecule has 1 aliphatic heterocycles. The molecule has 1 aromatic carbocycles. The smallest absolute Gasteiger partial charge is 0.115 e. The molecule has 1 N–H and O–H groups in total. The van der Waals surface area contributed by atoms with Gasteiger partial charge < -0.3 is 9.84 Å². The topological polar surface area (TPSA) is 55.2 Å². The third-order valence-electron chi connectivity index (χ3n) is 3.24. The second-order valence-electron chi connectivity index (χ2n) is 4.36. The molecular formula is C14H14N2O2. The number of benzene rings is 1. The Bertz CT molecular complexity index is 530. The first-order valence-electron chi connectivity index (χ1n) is 5.98. The first kappa shape index (κ1) is 11.3. The Morgan fingerprint density at radius 3 is 2.83 bits per heavy atom. The van der Waals surface area contributed by atoms with Crippen LogP contribution in [-0.4, -0.2) is 21.7 Å². The highest BCUT2D eigenvalue weighted by atomic mass is 16.5. The zero-order valence-electron chi connectivity index (χ0n) is 9.86. The molecule has 0 saturated carbocycles. The van der Waals surface area contributed by atoms with E-state index >= 15 is 0 Å². The zero-order valence-corrected chi connectivity index (χ0v) is 9.86. The minimum Gasteiger partial charge on any atom is -0.385 e. The third kappa shape index (κ3) is 2.00. The van der Waals surface area contributed by atoms with E-state index in [1.807, 2.05) is 18.2 Å². The number of rotatable bonds is 2. The van der Waals surface area contributed by atoms with Gasteiger partial charge in [0.25, 0.3) is 0 Å². The van der Waals surface area contributed by atoms with Gasteiger partial charge >= 0.3 is 0 Å². The van der Waals surface area contributed by atoms with Gasteiger partial charge in [0, 0.05) is 18.0 Å². The van der Waals surface area contributed by atoms with E-state index in [0.717, 1.165) is 12.0 Å². The molecule has 18 heavy (non-hydrogen) atoms. The average Bonchev–Trinajstić information content (AvgIpc) is 2.47. The fourth-order valence-electron chi connectivity index (χ4n) is 2.32. The fourth-order valence-corrected chi connectivity index (χ4v) is 2.32. The lowest BCUT2D eigenvalue weighted by Gasteiger charge is -2.29. The Labute approximate surface area is 105 Å². The summed E-state index contributed by atoms with van der Waals surface area (Å²) < 4.78 is 5.72. The van der Waals surface area contributed by atoms with Crippen molar-refractivity contribution in [2.75, 3.05) is 6.61 Å². The van der Waals surface area contributed by atoms with Gasteiger partial charge in [-0.05, 0) is 17.5 Å². The van der Waals surface area contributed by atoms with Crippen LogP contribution in [0, 0.1) is 0 Å². The first-order chi connectivity index (χ1) is 8.86. The van der Waals surface area contributed by atoms with Crippen LogP contribution in [0.2, 0.25) is 0 Å². The third-order valence-corrected chi connectivity index (χ3v) is 3.24. The predicted molar refractivity (Wildman–Crippen MR) is 65.8 cm³/mol. The molecule has 0 saturated heterocycles. The number of hydrogen-bond acceptors (Lipinski definition) is 4. The molecule has 4 nitrogen and oxygen atoms in total. The summed E-state index contributed by atoms with van der Waals surface area (Å²) in [5.74, 6) is 0. The Morgan fingerprint density at radius 2 is 2.00 bits per heavy atom. The summed E-state index contributed by atoms with van der Waals surface area (Å²) in [5.41, 5.74) is 2.98. The van der Waals surface area contributed by atoms with E-state index in [-0.39, 0.29) is 6.10 Å². The molecule has 0 amide bonds. The maximum atomic E-state index is 10.4.